The molecule has 8 unspecified atom stereocenters. The predicted octanol–water partition coefficient (Wildman–Crippen LogP) is 10.3. The van der Waals surface area contributed by atoms with Crippen molar-refractivity contribution in [2.75, 3.05) is 13.2 Å². The quantitative estimate of drug-likeness (QED) is 0.0173. The second-order valence-corrected chi connectivity index (χ2v) is 19.7. The molecule has 0 aliphatic carbocycles. The Morgan fingerprint density at radius 1 is 0.615 bits per heavy atom. The molecule has 1 heterocycles. The van der Waals surface area contributed by atoms with Gasteiger partial charge in [0.05, 0.1) is 25.4 Å². The van der Waals surface area contributed by atoms with Crippen molar-refractivity contribution in [3.8, 4) is 0 Å². The van der Waals surface area contributed by atoms with Gasteiger partial charge in [-0.2, -0.15) is 8.42 Å². The molecule has 384 valence electrons. The first-order chi connectivity index (χ1) is 31.4. The van der Waals surface area contributed by atoms with E-state index < -0.39 is 78.5 Å². The van der Waals surface area contributed by atoms with Crippen molar-refractivity contribution in [2.24, 2.45) is 0 Å². The van der Waals surface area contributed by atoms with Gasteiger partial charge in [0.2, 0.25) is 5.91 Å². The van der Waals surface area contributed by atoms with E-state index in [4.69, 9.17) is 9.47 Å². The number of carbonyl (C=O) groups excluding carboxylic acids is 1. The molecule has 1 rings (SSSR count). The maximum Gasteiger partial charge on any atom is 0.397 e. The summed E-state index contributed by atoms with van der Waals surface area (Å²) in [6.45, 7) is 3.24. The molecule has 0 radical (unpaired) electrons. The minimum atomic E-state index is -5.12. The zero-order chi connectivity index (χ0) is 47.8. The van der Waals surface area contributed by atoms with Crippen LogP contribution in [0, 0.1) is 0 Å². The standard InChI is InChI=1S/C51H97NO12S/c1-3-5-7-9-11-13-15-17-19-21-23-25-27-29-31-33-35-37-39-44(54)43(42-62-51-48(57)49(64-65(59,60)61)47(56)46(41-53)63-51)52-50(58)45(55)40-38-36-34-32-30-28-26-24-22-20-18-16-14-12-10-8-6-4-2/h22,24,37,39,43-49,51,53-57H,3-21,23,25-36,38,40-42H2,1-2H3,(H,52,58)(H,59,60,61)/b24-22-,39-37+. The van der Waals surface area contributed by atoms with Gasteiger partial charge < -0.3 is 40.3 Å². The zero-order valence-corrected chi connectivity index (χ0v) is 41.7. The number of amides is 1. The van der Waals surface area contributed by atoms with Gasteiger partial charge in [-0.3, -0.25) is 9.35 Å². The van der Waals surface area contributed by atoms with Crippen LogP contribution in [0.5, 0.6) is 0 Å². The van der Waals surface area contributed by atoms with E-state index in [0.717, 1.165) is 64.2 Å². The van der Waals surface area contributed by atoms with Crippen molar-refractivity contribution >= 4 is 16.3 Å². The summed E-state index contributed by atoms with van der Waals surface area (Å²) in [5.74, 6) is -0.705. The summed E-state index contributed by atoms with van der Waals surface area (Å²) in [5.41, 5.74) is 0. The van der Waals surface area contributed by atoms with E-state index in [9.17, 15) is 43.3 Å². The minimum absolute atomic E-state index is 0.237. The summed E-state index contributed by atoms with van der Waals surface area (Å²) in [5, 5.41) is 55.4. The van der Waals surface area contributed by atoms with E-state index in [0.29, 0.717) is 12.8 Å². The lowest BCUT2D eigenvalue weighted by atomic mass is 9.99. The molecule has 0 spiro atoms. The lowest BCUT2D eigenvalue weighted by Crippen LogP contribution is -2.61. The molecule has 0 aromatic carbocycles. The second-order valence-electron chi connectivity index (χ2n) is 18.6. The summed E-state index contributed by atoms with van der Waals surface area (Å²) in [4.78, 5) is 13.2. The Kier molecular flexibility index (Phi) is 39.3. The van der Waals surface area contributed by atoms with Crippen LogP contribution in [-0.2, 0) is 28.9 Å². The fourth-order valence-corrected chi connectivity index (χ4v) is 8.91. The minimum Gasteiger partial charge on any atom is -0.394 e. The number of nitrogens with one attached hydrogen (secondary N) is 1. The second kappa shape index (κ2) is 41.5. The molecule has 65 heavy (non-hydrogen) atoms. The number of aliphatic hydroxyl groups excluding tert-OH is 5. The molecule has 13 nitrogen and oxygen atoms in total. The Hall–Kier alpha value is -1.46. The summed E-state index contributed by atoms with van der Waals surface area (Å²) in [6.07, 6.45) is 36.8. The third-order valence-electron chi connectivity index (χ3n) is 12.6. The van der Waals surface area contributed by atoms with Gasteiger partial charge in [0.1, 0.15) is 30.5 Å². The Morgan fingerprint density at radius 3 is 1.43 bits per heavy atom. The smallest absolute Gasteiger partial charge is 0.394 e. The third-order valence-corrected chi connectivity index (χ3v) is 13.0. The van der Waals surface area contributed by atoms with Gasteiger partial charge in [0.25, 0.3) is 0 Å². The van der Waals surface area contributed by atoms with Crippen molar-refractivity contribution < 1.29 is 57.0 Å². The number of hydrogen-bond acceptors (Lipinski definition) is 11. The number of rotatable bonds is 45. The highest BCUT2D eigenvalue weighted by molar-refractivity contribution is 7.80. The number of ether oxygens (including phenoxy) is 2. The molecule has 7 N–H and O–H groups in total. The van der Waals surface area contributed by atoms with Crippen molar-refractivity contribution in [2.45, 2.75) is 281 Å². The SMILES string of the molecule is CCCCCCCCCC/C=C\CCCCCCCCC(O)C(=O)NC(COC1OC(CO)C(O)C(OS(=O)(=O)O)C1O)C(O)/C=C/CCCCCCCCCCCCCCCCCC. The molecule has 1 aliphatic heterocycles. The summed E-state index contributed by atoms with van der Waals surface area (Å²) in [7, 11) is -5.12. The van der Waals surface area contributed by atoms with Crippen molar-refractivity contribution in [1.82, 2.24) is 5.32 Å². The fourth-order valence-electron chi connectivity index (χ4n) is 8.40. The number of hydrogen-bond donors (Lipinski definition) is 7. The first kappa shape index (κ1) is 61.6. The number of aliphatic hydroxyl groups is 5. The van der Waals surface area contributed by atoms with E-state index in [1.807, 2.05) is 6.08 Å². The van der Waals surface area contributed by atoms with Crippen molar-refractivity contribution in [3.05, 3.63) is 24.3 Å². The van der Waals surface area contributed by atoms with Crippen LogP contribution in [0.25, 0.3) is 0 Å². The topological polar surface area (TPSA) is 212 Å². The largest absolute Gasteiger partial charge is 0.397 e. The molecular weight excluding hydrogens is 851 g/mol. The van der Waals surface area contributed by atoms with E-state index >= 15 is 0 Å². The predicted molar refractivity (Wildman–Crippen MR) is 261 cm³/mol. The molecular formula is C51H97NO12S. The van der Waals surface area contributed by atoms with Crippen LogP contribution in [0.4, 0.5) is 0 Å². The number of allylic oxidation sites excluding steroid dienone is 3. The highest BCUT2D eigenvalue weighted by Crippen LogP contribution is 2.26. The van der Waals surface area contributed by atoms with Crippen LogP contribution in [0.2, 0.25) is 0 Å². The Morgan fingerprint density at radius 2 is 1.02 bits per heavy atom. The van der Waals surface area contributed by atoms with Gasteiger partial charge in [-0.25, -0.2) is 4.18 Å². The molecule has 8 atom stereocenters. The first-order valence-electron chi connectivity index (χ1n) is 26.3. The van der Waals surface area contributed by atoms with Gasteiger partial charge in [-0.1, -0.05) is 212 Å². The van der Waals surface area contributed by atoms with E-state index in [1.54, 1.807) is 6.08 Å². The molecule has 0 saturated carbocycles. The molecule has 0 aromatic heterocycles. The summed E-state index contributed by atoms with van der Waals surface area (Å²) < 4.78 is 47.6. The summed E-state index contributed by atoms with van der Waals surface area (Å²) in [6, 6.07) is -1.12. The first-order valence-corrected chi connectivity index (χ1v) is 27.7. The highest BCUT2D eigenvalue weighted by atomic mass is 32.3. The maximum atomic E-state index is 13.2. The molecule has 14 heteroatoms. The van der Waals surface area contributed by atoms with E-state index in [2.05, 4.69) is 35.5 Å². The molecule has 0 aromatic rings. The molecule has 0 bridgehead atoms. The third kappa shape index (κ3) is 33.6. The van der Waals surface area contributed by atoms with Crippen LogP contribution in [0.3, 0.4) is 0 Å². The normalized spacial score (nSPS) is 20.8. The zero-order valence-electron chi connectivity index (χ0n) is 40.9. The average Bonchev–Trinajstić information content (AvgIpc) is 3.28. The van der Waals surface area contributed by atoms with E-state index in [1.165, 1.54) is 135 Å². The molecule has 1 fully saturated rings. The molecule has 1 aliphatic rings. The number of carbonyl (C=O) groups is 1. The van der Waals surface area contributed by atoms with Crippen molar-refractivity contribution in [1.29, 1.82) is 0 Å². The van der Waals surface area contributed by atoms with Crippen LogP contribution in [0.1, 0.15) is 232 Å². The fraction of sp³-hybridized carbons (Fsp3) is 0.902. The summed E-state index contributed by atoms with van der Waals surface area (Å²) >= 11 is 0. The maximum absolute atomic E-state index is 13.2. The van der Waals surface area contributed by atoms with Crippen LogP contribution in [0.15, 0.2) is 24.3 Å². The van der Waals surface area contributed by atoms with Gasteiger partial charge >= 0.3 is 10.4 Å². The van der Waals surface area contributed by atoms with Crippen LogP contribution < -0.4 is 5.32 Å². The van der Waals surface area contributed by atoms with Crippen LogP contribution >= 0.6 is 0 Å². The van der Waals surface area contributed by atoms with Gasteiger partial charge in [-0.15, -0.1) is 0 Å². The Bertz CT molecular complexity index is 1270. The van der Waals surface area contributed by atoms with Crippen molar-refractivity contribution in [3.63, 3.8) is 0 Å². The Labute approximate surface area is 395 Å². The van der Waals surface area contributed by atoms with Gasteiger partial charge in [-0.05, 0) is 44.9 Å². The monoisotopic (exact) mass is 948 g/mol. The average molecular weight is 948 g/mol. The van der Waals surface area contributed by atoms with Crippen LogP contribution in [-0.4, -0.2) is 107 Å². The van der Waals surface area contributed by atoms with Gasteiger partial charge in [0, 0.05) is 0 Å². The van der Waals surface area contributed by atoms with Gasteiger partial charge in [0.15, 0.2) is 6.29 Å². The number of unbranched alkanes of at least 4 members (excludes halogenated alkanes) is 30. The van der Waals surface area contributed by atoms with E-state index in [-0.39, 0.29) is 6.42 Å². The highest BCUT2D eigenvalue weighted by Gasteiger charge is 2.48. The lowest BCUT2D eigenvalue weighted by Gasteiger charge is -2.41. The lowest BCUT2D eigenvalue weighted by molar-refractivity contribution is -0.298. The Balaban J connectivity index is 2.51. The molecule has 1 saturated heterocycles. The molecule has 1 amide bonds.